The van der Waals surface area contributed by atoms with Crippen LogP contribution >= 0.6 is 11.3 Å². The van der Waals surface area contributed by atoms with Gasteiger partial charge in [0.05, 0.1) is 24.9 Å². The minimum absolute atomic E-state index is 0.113. The van der Waals surface area contributed by atoms with Crippen LogP contribution in [0.3, 0.4) is 0 Å². The number of thiazole rings is 1. The molecule has 0 amide bonds. The molecular weight excluding hydrogens is 254 g/mol. The quantitative estimate of drug-likeness (QED) is 0.788. The summed E-state index contributed by atoms with van der Waals surface area (Å²) in [4.78, 5) is 7.05. The summed E-state index contributed by atoms with van der Waals surface area (Å²) in [5.74, 6) is 0. The van der Waals surface area contributed by atoms with Gasteiger partial charge in [0.1, 0.15) is 5.01 Å². The summed E-state index contributed by atoms with van der Waals surface area (Å²) in [7, 11) is 0. The van der Waals surface area contributed by atoms with Crippen LogP contribution in [0.25, 0.3) is 0 Å². The van der Waals surface area contributed by atoms with Crippen LogP contribution in [-0.2, 0) is 12.0 Å². The summed E-state index contributed by atoms with van der Waals surface area (Å²) in [6.07, 6.45) is 5.08. The maximum absolute atomic E-state index is 9.00. The molecule has 0 radical (unpaired) electrons. The van der Waals surface area contributed by atoms with Crippen LogP contribution in [0.15, 0.2) is 5.38 Å². The van der Waals surface area contributed by atoms with Crippen molar-refractivity contribution in [2.45, 2.75) is 64.5 Å². The van der Waals surface area contributed by atoms with E-state index in [4.69, 9.17) is 10.2 Å². The number of hydrogen-bond donors (Lipinski definition) is 0. The summed E-state index contributed by atoms with van der Waals surface area (Å²) in [5.41, 5.74) is 1.28. The lowest BCUT2D eigenvalue weighted by Crippen LogP contribution is -2.33. The SMILES string of the molecule is CC(C)(C)c1csc(CN(CC#N)C2CCCC2)n1. The molecule has 0 saturated heterocycles. The smallest absolute Gasteiger partial charge is 0.107 e. The molecule has 104 valence electrons. The Balaban J connectivity index is 2.04. The molecule has 1 aromatic heterocycles. The molecule has 1 fully saturated rings. The molecule has 0 atom stereocenters. The van der Waals surface area contributed by atoms with E-state index in [1.807, 2.05) is 0 Å². The molecule has 1 heterocycles. The standard InChI is InChI=1S/C15H23N3S/c1-15(2,3)13-11-19-14(17-13)10-18(9-8-16)12-6-4-5-7-12/h11-12H,4-7,9-10H2,1-3H3. The second kappa shape index (κ2) is 6.02. The molecular formula is C15H23N3S. The van der Waals surface area contributed by atoms with Gasteiger partial charge in [-0.25, -0.2) is 4.98 Å². The highest BCUT2D eigenvalue weighted by Crippen LogP contribution is 2.27. The van der Waals surface area contributed by atoms with E-state index < -0.39 is 0 Å². The molecule has 0 aromatic carbocycles. The lowest BCUT2D eigenvalue weighted by atomic mass is 9.93. The van der Waals surface area contributed by atoms with Gasteiger partial charge in [-0.3, -0.25) is 4.90 Å². The Morgan fingerprint density at radius 3 is 2.63 bits per heavy atom. The van der Waals surface area contributed by atoms with E-state index in [1.165, 1.54) is 25.7 Å². The fourth-order valence-corrected chi connectivity index (χ4v) is 3.62. The van der Waals surface area contributed by atoms with Gasteiger partial charge in [-0.1, -0.05) is 33.6 Å². The van der Waals surface area contributed by atoms with Crippen LogP contribution in [0, 0.1) is 11.3 Å². The Hall–Kier alpha value is -0.920. The van der Waals surface area contributed by atoms with Crippen molar-refractivity contribution in [3.05, 3.63) is 16.1 Å². The van der Waals surface area contributed by atoms with Crippen molar-refractivity contribution in [1.29, 1.82) is 5.26 Å². The number of nitriles is 1. The van der Waals surface area contributed by atoms with Gasteiger partial charge < -0.3 is 0 Å². The lowest BCUT2D eigenvalue weighted by Gasteiger charge is -2.25. The Bertz CT molecular complexity index is 447. The van der Waals surface area contributed by atoms with Crippen LogP contribution in [-0.4, -0.2) is 22.5 Å². The molecule has 0 aliphatic heterocycles. The molecule has 3 nitrogen and oxygen atoms in total. The Kier molecular flexibility index (Phi) is 4.59. The summed E-state index contributed by atoms with van der Waals surface area (Å²) >= 11 is 1.73. The van der Waals surface area contributed by atoms with Crippen molar-refractivity contribution in [1.82, 2.24) is 9.88 Å². The molecule has 0 spiro atoms. The Morgan fingerprint density at radius 2 is 2.11 bits per heavy atom. The molecule has 1 aliphatic rings. The zero-order valence-electron chi connectivity index (χ0n) is 12.1. The summed E-state index contributed by atoms with van der Waals surface area (Å²) in [6, 6.07) is 2.89. The van der Waals surface area contributed by atoms with Crippen molar-refractivity contribution in [2.24, 2.45) is 0 Å². The second-order valence-electron chi connectivity index (χ2n) is 6.38. The maximum Gasteiger partial charge on any atom is 0.107 e. The van der Waals surface area contributed by atoms with E-state index in [1.54, 1.807) is 11.3 Å². The van der Waals surface area contributed by atoms with Gasteiger partial charge in [-0.2, -0.15) is 5.26 Å². The van der Waals surface area contributed by atoms with Gasteiger partial charge in [0.25, 0.3) is 0 Å². The summed E-state index contributed by atoms with van der Waals surface area (Å²) in [6.45, 7) is 7.93. The number of aromatic nitrogens is 1. The Labute approximate surface area is 120 Å². The van der Waals surface area contributed by atoms with Gasteiger partial charge in [-0.15, -0.1) is 11.3 Å². The fourth-order valence-electron chi connectivity index (χ4n) is 2.58. The first kappa shape index (κ1) is 14.5. The average Bonchev–Trinajstić information content (AvgIpc) is 2.98. The molecule has 1 saturated carbocycles. The van der Waals surface area contributed by atoms with Crippen LogP contribution < -0.4 is 0 Å². The van der Waals surface area contributed by atoms with Gasteiger partial charge in [0.2, 0.25) is 0 Å². The number of rotatable bonds is 4. The van der Waals surface area contributed by atoms with Gasteiger partial charge in [-0.05, 0) is 12.8 Å². The predicted octanol–water partition coefficient (Wildman–Crippen LogP) is 3.71. The van der Waals surface area contributed by atoms with E-state index in [9.17, 15) is 0 Å². The van der Waals surface area contributed by atoms with Crippen molar-refractivity contribution in [2.75, 3.05) is 6.54 Å². The van der Waals surface area contributed by atoms with Gasteiger partial charge in [0, 0.05) is 16.8 Å². The number of hydrogen-bond acceptors (Lipinski definition) is 4. The van der Waals surface area contributed by atoms with Crippen LogP contribution in [0.4, 0.5) is 0 Å². The van der Waals surface area contributed by atoms with Gasteiger partial charge in [0.15, 0.2) is 0 Å². The lowest BCUT2D eigenvalue weighted by molar-refractivity contribution is 0.213. The highest BCUT2D eigenvalue weighted by molar-refractivity contribution is 7.09. The Morgan fingerprint density at radius 1 is 1.42 bits per heavy atom. The van der Waals surface area contributed by atoms with Crippen molar-refractivity contribution < 1.29 is 0 Å². The second-order valence-corrected chi connectivity index (χ2v) is 7.32. The normalized spacial score (nSPS) is 17.0. The highest BCUT2D eigenvalue weighted by Gasteiger charge is 2.24. The number of nitrogens with zero attached hydrogens (tertiary/aromatic N) is 3. The monoisotopic (exact) mass is 277 g/mol. The third-order valence-electron chi connectivity index (χ3n) is 3.77. The van der Waals surface area contributed by atoms with E-state index in [-0.39, 0.29) is 5.41 Å². The minimum atomic E-state index is 0.113. The van der Waals surface area contributed by atoms with Gasteiger partial charge >= 0.3 is 0 Å². The molecule has 19 heavy (non-hydrogen) atoms. The summed E-state index contributed by atoms with van der Waals surface area (Å²) in [5, 5.41) is 12.3. The first-order valence-corrected chi connectivity index (χ1v) is 7.94. The third kappa shape index (κ3) is 3.77. The zero-order chi connectivity index (χ0) is 13.9. The van der Waals surface area contributed by atoms with Crippen molar-refractivity contribution in [3.8, 4) is 6.07 Å². The topological polar surface area (TPSA) is 39.9 Å². The largest absolute Gasteiger partial charge is 0.281 e. The fraction of sp³-hybridized carbons (Fsp3) is 0.733. The maximum atomic E-state index is 9.00. The minimum Gasteiger partial charge on any atom is -0.281 e. The molecule has 1 aliphatic carbocycles. The molecule has 0 unspecified atom stereocenters. The van der Waals surface area contributed by atoms with Crippen LogP contribution in [0.2, 0.25) is 0 Å². The molecule has 1 aromatic rings. The van der Waals surface area contributed by atoms with Crippen molar-refractivity contribution in [3.63, 3.8) is 0 Å². The van der Waals surface area contributed by atoms with Crippen LogP contribution in [0.1, 0.15) is 57.2 Å². The predicted molar refractivity (Wildman–Crippen MR) is 79.1 cm³/mol. The molecule has 4 heteroatoms. The van der Waals surface area contributed by atoms with E-state index in [0.29, 0.717) is 12.6 Å². The molecule has 0 bridgehead atoms. The average molecular weight is 277 g/mol. The van der Waals surface area contributed by atoms with E-state index in [2.05, 4.69) is 37.1 Å². The van der Waals surface area contributed by atoms with Crippen LogP contribution in [0.5, 0.6) is 0 Å². The van der Waals surface area contributed by atoms with E-state index in [0.717, 1.165) is 17.2 Å². The van der Waals surface area contributed by atoms with E-state index >= 15 is 0 Å². The summed E-state index contributed by atoms with van der Waals surface area (Å²) < 4.78 is 0. The first-order valence-electron chi connectivity index (χ1n) is 7.06. The third-order valence-corrected chi connectivity index (χ3v) is 4.61. The molecule has 0 N–H and O–H groups in total. The highest BCUT2D eigenvalue weighted by atomic mass is 32.1. The zero-order valence-corrected chi connectivity index (χ0v) is 13.0. The first-order chi connectivity index (χ1) is 9.00. The van der Waals surface area contributed by atoms with Crippen molar-refractivity contribution >= 4 is 11.3 Å². The molecule has 2 rings (SSSR count).